The van der Waals surface area contributed by atoms with Gasteiger partial charge < -0.3 is 10.1 Å². The van der Waals surface area contributed by atoms with Crippen molar-refractivity contribution in [2.24, 2.45) is 0 Å². The first-order valence-corrected chi connectivity index (χ1v) is 10.2. The lowest BCUT2D eigenvalue weighted by Gasteiger charge is -2.38. The second kappa shape index (κ2) is 9.51. The fraction of sp³-hybridized carbons (Fsp3) is 0.667. The van der Waals surface area contributed by atoms with Crippen molar-refractivity contribution in [3.05, 3.63) is 29.6 Å². The average Bonchev–Trinajstić information content (AvgIpc) is 2.69. The smallest absolute Gasteiger partial charge is 0.237 e. The number of methoxy groups -OCH3 is 1. The van der Waals surface area contributed by atoms with E-state index < -0.39 is 0 Å². The maximum Gasteiger partial charge on any atom is 0.237 e. The molecule has 2 aliphatic rings. The average molecular weight is 378 g/mol. The number of amides is 1. The van der Waals surface area contributed by atoms with Crippen molar-refractivity contribution >= 4 is 5.91 Å². The van der Waals surface area contributed by atoms with E-state index in [4.69, 9.17) is 4.74 Å². The van der Waals surface area contributed by atoms with Crippen LogP contribution in [0.5, 0.6) is 5.75 Å². The highest BCUT2D eigenvalue weighted by Gasteiger charge is 2.27. The van der Waals surface area contributed by atoms with E-state index in [2.05, 4.69) is 15.1 Å². The Morgan fingerprint density at radius 2 is 1.93 bits per heavy atom. The Hall–Kier alpha value is -1.66. The van der Waals surface area contributed by atoms with Crippen LogP contribution in [0.4, 0.5) is 4.39 Å². The lowest BCUT2D eigenvalue weighted by molar-refractivity contribution is -0.127. The van der Waals surface area contributed by atoms with E-state index in [1.54, 1.807) is 12.1 Å². The van der Waals surface area contributed by atoms with Crippen LogP contribution in [0.3, 0.4) is 0 Å². The number of hydrogen-bond donors (Lipinski definition) is 1. The minimum absolute atomic E-state index is 0.0903. The predicted molar refractivity (Wildman–Crippen MR) is 104 cm³/mol. The Labute approximate surface area is 161 Å². The van der Waals surface area contributed by atoms with Gasteiger partial charge in [-0.3, -0.25) is 14.6 Å². The Bertz CT molecular complexity index is 626. The first-order chi connectivity index (χ1) is 13.1. The molecule has 1 saturated carbocycles. The SMILES string of the molecule is COc1ccc(CN2CCN(C(C)C(=O)NC3CCCCC3)CC2)cc1F. The highest BCUT2D eigenvalue weighted by atomic mass is 19.1. The molecule has 1 N–H and O–H groups in total. The quantitative estimate of drug-likeness (QED) is 0.828. The molecule has 27 heavy (non-hydrogen) atoms. The van der Waals surface area contributed by atoms with Crippen molar-refractivity contribution in [3.63, 3.8) is 0 Å². The minimum Gasteiger partial charge on any atom is -0.494 e. The first-order valence-electron chi connectivity index (χ1n) is 10.2. The van der Waals surface area contributed by atoms with Crippen molar-refractivity contribution in [1.82, 2.24) is 15.1 Å². The van der Waals surface area contributed by atoms with Crippen LogP contribution < -0.4 is 10.1 Å². The maximum absolute atomic E-state index is 13.9. The largest absolute Gasteiger partial charge is 0.494 e. The third-order valence-corrected chi connectivity index (χ3v) is 5.91. The van der Waals surface area contributed by atoms with E-state index in [1.165, 1.54) is 26.4 Å². The Balaban J connectivity index is 1.45. The van der Waals surface area contributed by atoms with E-state index in [0.29, 0.717) is 6.04 Å². The highest BCUT2D eigenvalue weighted by Crippen LogP contribution is 2.20. The highest BCUT2D eigenvalue weighted by molar-refractivity contribution is 5.81. The topological polar surface area (TPSA) is 44.8 Å². The molecule has 0 bridgehead atoms. The van der Waals surface area contributed by atoms with E-state index in [1.807, 2.05) is 13.0 Å². The second-order valence-electron chi connectivity index (χ2n) is 7.80. The summed E-state index contributed by atoms with van der Waals surface area (Å²) in [7, 11) is 1.48. The number of piperazine rings is 1. The Morgan fingerprint density at radius 1 is 1.22 bits per heavy atom. The fourth-order valence-electron chi connectivity index (χ4n) is 4.11. The zero-order valence-electron chi connectivity index (χ0n) is 16.5. The molecule has 0 aromatic heterocycles. The van der Waals surface area contributed by atoms with Crippen molar-refractivity contribution in [2.75, 3.05) is 33.3 Å². The molecule has 1 aliphatic heterocycles. The number of ether oxygens (including phenoxy) is 1. The fourth-order valence-corrected chi connectivity index (χ4v) is 4.11. The number of rotatable bonds is 6. The minimum atomic E-state index is -0.318. The zero-order chi connectivity index (χ0) is 19.2. The second-order valence-corrected chi connectivity index (χ2v) is 7.80. The van der Waals surface area contributed by atoms with Crippen LogP contribution in [-0.2, 0) is 11.3 Å². The predicted octanol–water partition coefficient (Wildman–Crippen LogP) is 2.79. The van der Waals surface area contributed by atoms with Crippen molar-refractivity contribution < 1.29 is 13.9 Å². The lowest BCUT2D eigenvalue weighted by Crippen LogP contribution is -2.54. The van der Waals surface area contributed by atoms with E-state index in [-0.39, 0.29) is 23.5 Å². The van der Waals surface area contributed by atoms with Crippen LogP contribution >= 0.6 is 0 Å². The van der Waals surface area contributed by atoms with Crippen LogP contribution in [0.25, 0.3) is 0 Å². The van der Waals surface area contributed by atoms with Gasteiger partial charge in [0.1, 0.15) is 0 Å². The summed E-state index contributed by atoms with van der Waals surface area (Å²) >= 11 is 0. The van der Waals surface area contributed by atoms with Gasteiger partial charge in [-0.05, 0) is 37.5 Å². The third-order valence-electron chi connectivity index (χ3n) is 5.91. The molecule has 150 valence electrons. The molecule has 3 rings (SSSR count). The summed E-state index contributed by atoms with van der Waals surface area (Å²) in [5.41, 5.74) is 0.949. The molecule has 1 aliphatic carbocycles. The molecule has 0 spiro atoms. The van der Waals surface area contributed by atoms with Gasteiger partial charge >= 0.3 is 0 Å². The molecule has 0 radical (unpaired) electrons. The first kappa shape index (κ1) is 20.1. The molecule has 1 atom stereocenters. The summed E-state index contributed by atoms with van der Waals surface area (Å²) in [4.78, 5) is 17.1. The lowest BCUT2D eigenvalue weighted by atomic mass is 9.95. The van der Waals surface area contributed by atoms with E-state index in [0.717, 1.165) is 51.1 Å². The number of carbonyl (C=O) groups excluding carboxylic acids is 1. The van der Waals surface area contributed by atoms with Gasteiger partial charge in [0.25, 0.3) is 0 Å². The number of nitrogens with one attached hydrogen (secondary N) is 1. The van der Waals surface area contributed by atoms with Gasteiger partial charge in [-0.1, -0.05) is 25.3 Å². The zero-order valence-corrected chi connectivity index (χ0v) is 16.5. The molecule has 1 unspecified atom stereocenters. The van der Waals surface area contributed by atoms with Gasteiger partial charge in [-0.25, -0.2) is 4.39 Å². The summed E-state index contributed by atoms with van der Waals surface area (Å²) in [5.74, 6) is 0.121. The van der Waals surface area contributed by atoms with Crippen LogP contribution in [0.15, 0.2) is 18.2 Å². The van der Waals surface area contributed by atoms with Crippen LogP contribution in [0.1, 0.15) is 44.6 Å². The summed E-state index contributed by atoms with van der Waals surface area (Å²) in [6.45, 7) is 6.21. The monoisotopic (exact) mass is 377 g/mol. The van der Waals surface area contributed by atoms with E-state index >= 15 is 0 Å². The molecular weight excluding hydrogens is 345 g/mol. The van der Waals surface area contributed by atoms with Crippen molar-refractivity contribution in [1.29, 1.82) is 0 Å². The summed E-state index contributed by atoms with van der Waals surface area (Å²) in [6.07, 6.45) is 5.98. The Morgan fingerprint density at radius 3 is 2.56 bits per heavy atom. The summed E-state index contributed by atoms with van der Waals surface area (Å²) in [6, 6.07) is 5.41. The number of nitrogens with zero attached hydrogens (tertiary/aromatic N) is 2. The number of halogens is 1. The number of carbonyl (C=O) groups is 1. The molecule has 1 aromatic carbocycles. The molecule has 1 amide bonds. The van der Waals surface area contributed by atoms with Crippen LogP contribution in [0.2, 0.25) is 0 Å². The van der Waals surface area contributed by atoms with Gasteiger partial charge in [0, 0.05) is 38.8 Å². The van der Waals surface area contributed by atoms with Crippen LogP contribution in [0, 0.1) is 5.82 Å². The van der Waals surface area contributed by atoms with Gasteiger partial charge in [-0.15, -0.1) is 0 Å². The van der Waals surface area contributed by atoms with E-state index in [9.17, 15) is 9.18 Å². The Kier molecular flexibility index (Phi) is 7.07. The third kappa shape index (κ3) is 5.42. The van der Waals surface area contributed by atoms with Gasteiger partial charge in [0.15, 0.2) is 11.6 Å². The molecule has 1 saturated heterocycles. The molecule has 2 fully saturated rings. The standard InChI is InChI=1S/C21H32FN3O2/c1-16(21(26)23-18-6-4-3-5-7-18)25-12-10-24(11-13-25)15-17-8-9-20(27-2)19(22)14-17/h8-9,14,16,18H,3-7,10-13,15H2,1-2H3,(H,23,26). The molecule has 1 aromatic rings. The molecule has 5 nitrogen and oxygen atoms in total. The van der Waals surface area contributed by atoms with Crippen LogP contribution in [-0.4, -0.2) is 61.1 Å². The summed E-state index contributed by atoms with van der Waals surface area (Å²) in [5, 5.41) is 3.24. The molecule has 6 heteroatoms. The van der Waals surface area contributed by atoms with Gasteiger partial charge in [0.2, 0.25) is 5.91 Å². The summed E-state index contributed by atoms with van der Waals surface area (Å²) < 4.78 is 18.8. The number of benzene rings is 1. The van der Waals surface area contributed by atoms with Gasteiger partial charge in [-0.2, -0.15) is 0 Å². The maximum atomic E-state index is 13.9. The molecular formula is C21H32FN3O2. The van der Waals surface area contributed by atoms with Crippen molar-refractivity contribution in [2.45, 2.75) is 57.7 Å². The van der Waals surface area contributed by atoms with Crippen molar-refractivity contribution in [3.8, 4) is 5.75 Å². The molecule has 1 heterocycles. The normalized spacial score (nSPS) is 21.0. The number of hydrogen-bond acceptors (Lipinski definition) is 4. The van der Waals surface area contributed by atoms with Gasteiger partial charge in [0.05, 0.1) is 13.2 Å².